The second-order valence-electron chi connectivity index (χ2n) is 4.25. The highest BCUT2D eigenvalue weighted by atomic mass is 79.9. The predicted molar refractivity (Wildman–Crippen MR) is 75.9 cm³/mol. The number of rotatable bonds is 3. The van der Waals surface area contributed by atoms with E-state index in [1.807, 2.05) is 11.8 Å². The Morgan fingerprint density at radius 2 is 2.24 bits per heavy atom. The topological polar surface area (TPSA) is 12.0 Å². The molecule has 2 atom stereocenters. The molecule has 4 heteroatoms. The zero-order valence-corrected chi connectivity index (χ0v) is 12.5. The minimum Gasteiger partial charge on any atom is -0.309 e. The van der Waals surface area contributed by atoms with Crippen LogP contribution in [0.1, 0.15) is 37.4 Å². The van der Waals surface area contributed by atoms with Gasteiger partial charge in [0.05, 0.1) is 0 Å². The molecule has 0 radical (unpaired) electrons. The molecule has 1 nitrogen and oxygen atoms in total. The van der Waals surface area contributed by atoms with Crippen LogP contribution in [0.15, 0.2) is 16.6 Å². The van der Waals surface area contributed by atoms with Crippen LogP contribution in [0.25, 0.3) is 0 Å². The molecule has 0 spiro atoms. The maximum Gasteiger partial charge on any atom is 0.128 e. The van der Waals surface area contributed by atoms with Crippen molar-refractivity contribution in [2.75, 3.05) is 6.54 Å². The molecule has 1 aromatic rings. The molecule has 0 saturated heterocycles. The Balaban J connectivity index is 2.43. The lowest BCUT2D eigenvalue weighted by atomic mass is 9.96. The first-order chi connectivity index (χ1) is 8.17. The molecule has 94 valence electrons. The van der Waals surface area contributed by atoms with Gasteiger partial charge in [-0.15, -0.1) is 0 Å². The monoisotopic (exact) mass is 317 g/mol. The van der Waals surface area contributed by atoms with Crippen molar-refractivity contribution >= 4 is 27.7 Å². The van der Waals surface area contributed by atoms with Crippen molar-refractivity contribution in [3.05, 3.63) is 33.5 Å². The molecule has 0 aromatic heterocycles. The average molecular weight is 318 g/mol. The molecule has 1 heterocycles. The highest BCUT2D eigenvalue weighted by Crippen LogP contribution is 2.41. The van der Waals surface area contributed by atoms with E-state index in [9.17, 15) is 4.39 Å². The molecule has 0 amide bonds. The van der Waals surface area contributed by atoms with Crippen LogP contribution < -0.4 is 5.32 Å². The Bertz CT molecular complexity index is 411. The molecule has 2 rings (SSSR count). The fourth-order valence-corrected chi connectivity index (χ4v) is 4.16. The second-order valence-corrected chi connectivity index (χ2v) is 6.39. The predicted octanol–water partition coefficient (Wildman–Crippen LogP) is 4.26. The van der Waals surface area contributed by atoms with Crippen molar-refractivity contribution in [2.24, 2.45) is 0 Å². The Labute approximate surface area is 115 Å². The number of hydrogen-bond acceptors (Lipinski definition) is 2. The minimum absolute atomic E-state index is 0.0840. The zero-order chi connectivity index (χ0) is 12.4. The summed E-state index contributed by atoms with van der Waals surface area (Å²) < 4.78 is 14.7. The Morgan fingerprint density at radius 1 is 1.47 bits per heavy atom. The molecular weight excluding hydrogens is 301 g/mol. The van der Waals surface area contributed by atoms with Crippen LogP contribution in [0.5, 0.6) is 0 Å². The zero-order valence-electron chi connectivity index (χ0n) is 10.1. The lowest BCUT2D eigenvalue weighted by Gasteiger charge is -2.33. The quantitative estimate of drug-likeness (QED) is 0.893. The fraction of sp³-hybridized carbons (Fsp3) is 0.538. The van der Waals surface area contributed by atoms with Crippen molar-refractivity contribution in [3.8, 4) is 0 Å². The first-order valence-corrected chi connectivity index (χ1v) is 7.84. The van der Waals surface area contributed by atoms with Gasteiger partial charge in [0.2, 0.25) is 0 Å². The molecule has 0 bridgehead atoms. The number of thioether (sulfide) groups is 1. The van der Waals surface area contributed by atoms with Gasteiger partial charge in [0.25, 0.3) is 0 Å². The van der Waals surface area contributed by atoms with Gasteiger partial charge >= 0.3 is 0 Å². The summed E-state index contributed by atoms with van der Waals surface area (Å²) in [6.45, 7) is 5.21. The standard InChI is InChI=1S/C13H17BrFNS/c1-3-12-13(16-4-2)9-5-8(14)6-11(15)10(9)7-17-12/h5-6,12-13,16H,3-4,7H2,1-2H3. The van der Waals surface area contributed by atoms with Crippen molar-refractivity contribution < 1.29 is 4.39 Å². The third-order valence-electron chi connectivity index (χ3n) is 3.17. The average Bonchev–Trinajstić information content (AvgIpc) is 2.30. The van der Waals surface area contributed by atoms with Crippen LogP contribution >= 0.6 is 27.7 Å². The number of fused-ring (bicyclic) bond motifs is 1. The van der Waals surface area contributed by atoms with Gasteiger partial charge in [0.15, 0.2) is 0 Å². The van der Waals surface area contributed by atoms with E-state index in [1.165, 1.54) is 0 Å². The first-order valence-electron chi connectivity index (χ1n) is 6.00. The van der Waals surface area contributed by atoms with Gasteiger partial charge in [0.1, 0.15) is 5.82 Å². The van der Waals surface area contributed by atoms with Gasteiger partial charge in [-0.1, -0.05) is 29.8 Å². The SMILES string of the molecule is CCNC1c2cc(Br)cc(F)c2CSC1CC. The molecule has 1 aromatic carbocycles. The van der Waals surface area contributed by atoms with E-state index >= 15 is 0 Å². The van der Waals surface area contributed by atoms with E-state index < -0.39 is 0 Å². The Hall–Kier alpha value is -0.0600. The van der Waals surface area contributed by atoms with E-state index in [2.05, 4.69) is 41.2 Å². The van der Waals surface area contributed by atoms with Crippen molar-refractivity contribution in [1.29, 1.82) is 0 Å². The normalized spacial score (nSPS) is 23.5. The van der Waals surface area contributed by atoms with E-state index in [4.69, 9.17) is 0 Å². The van der Waals surface area contributed by atoms with Crippen molar-refractivity contribution in [2.45, 2.75) is 37.3 Å². The Kier molecular flexibility index (Phi) is 4.50. The molecule has 2 unspecified atom stereocenters. The largest absolute Gasteiger partial charge is 0.309 e. The van der Waals surface area contributed by atoms with Crippen molar-refractivity contribution in [3.63, 3.8) is 0 Å². The highest BCUT2D eigenvalue weighted by Gasteiger charge is 2.30. The fourth-order valence-electron chi connectivity index (χ4n) is 2.35. The molecular formula is C13H17BrFNS. The summed E-state index contributed by atoms with van der Waals surface area (Å²) >= 11 is 5.24. The third-order valence-corrected chi connectivity index (χ3v) is 5.12. The van der Waals surface area contributed by atoms with Crippen LogP contribution in [-0.4, -0.2) is 11.8 Å². The second kappa shape index (κ2) is 5.72. The lowest BCUT2D eigenvalue weighted by Crippen LogP contribution is -2.33. The first kappa shape index (κ1) is 13.4. The van der Waals surface area contributed by atoms with Gasteiger partial charge in [-0.3, -0.25) is 0 Å². The lowest BCUT2D eigenvalue weighted by molar-refractivity contribution is 0.505. The molecule has 0 aliphatic carbocycles. The summed E-state index contributed by atoms with van der Waals surface area (Å²) in [6.07, 6.45) is 1.11. The smallest absolute Gasteiger partial charge is 0.128 e. The van der Waals surface area contributed by atoms with Gasteiger partial charge < -0.3 is 5.32 Å². The number of hydrogen-bond donors (Lipinski definition) is 1. The number of nitrogens with one attached hydrogen (secondary N) is 1. The number of benzene rings is 1. The van der Waals surface area contributed by atoms with E-state index in [0.717, 1.165) is 34.3 Å². The summed E-state index contributed by atoms with van der Waals surface area (Å²) in [6, 6.07) is 3.90. The van der Waals surface area contributed by atoms with Gasteiger partial charge in [-0.05, 0) is 30.7 Å². The molecule has 0 fully saturated rings. The van der Waals surface area contributed by atoms with E-state index in [1.54, 1.807) is 6.07 Å². The molecule has 0 saturated carbocycles. The molecule has 1 aliphatic rings. The third kappa shape index (κ3) is 2.69. The van der Waals surface area contributed by atoms with Crippen LogP contribution in [0.2, 0.25) is 0 Å². The maximum atomic E-state index is 13.9. The Morgan fingerprint density at radius 3 is 2.88 bits per heavy atom. The van der Waals surface area contributed by atoms with Crippen LogP contribution in [0, 0.1) is 5.82 Å². The van der Waals surface area contributed by atoms with Crippen molar-refractivity contribution in [1.82, 2.24) is 5.32 Å². The molecule has 1 N–H and O–H groups in total. The van der Waals surface area contributed by atoms with Crippen LogP contribution in [-0.2, 0) is 5.75 Å². The van der Waals surface area contributed by atoms with Gasteiger partial charge in [-0.2, -0.15) is 11.8 Å². The summed E-state index contributed by atoms with van der Waals surface area (Å²) in [5, 5.41) is 4.03. The maximum absolute atomic E-state index is 13.9. The summed E-state index contributed by atoms with van der Waals surface area (Å²) in [4.78, 5) is 0. The number of halogens is 2. The van der Waals surface area contributed by atoms with Gasteiger partial charge in [-0.25, -0.2) is 4.39 Å². The molecule has 17 heavy (non-hydrogen) atoms. The van der Waals surface area contributed by atoms with Gasteiger partial charge in [0, 0.05) is 27.1 Å². The van der Waals surface area contributed by atoms with Crippen LogP contribution in [0.3, 0.4) is 0 Å². The minimum atomic E-state index is -0.0840. The molecule has 1 aliphatic heterocycles. The highest BCUT2D eigenvalue weighted by molar-refractivity contribution is 9.10. The van der Waals surface area contributed by atoms with E-state index in [0.29, 0.717) is 5.25 Å². The summed E-state index contributed by atoms with van der Waals surface area (Å²) in [7, 11) is 0. The van der Waals surface area contributed by atoms with E-state index in [-0.39, 0.29) is 11.9 Å². The summed E-state index contributed by atoms with van der Waals surface area (Å²) in [5.41, 5.74) is 2.00. The van der Waals surface area contributed by atoms with Crippen LogP contribution in [0.4, 0.5) is 4.39 Å². The summed E-state index contributed by atoms with van der Waals surface area (Å²) in [5.74, 6) is 0.703.